The van der Waals surface area contributed by atoms with Crippen molar-refractivity contribution in [2.75, 3.05) is 12.5 Å². The lowest BCUT2D eigenvalue weighted by Gasteiger charge is -2.06. The van der Waals surface area contributed by atoms with Gasteiger partial charge in [-0.25, -0.2) is 9.50 Å². The highest BCUT2D eigenvalue weighted by atomic mass is 32.2. The van der Waals surface area contributed by atoms with Crippen LogP contribution < -0.4 is 14.8 Å². The van der Waals surface area contributed by atoms with E-state index in [-0.39, 0.29) is 18.5 Å². The van der Waals surface area contributed by atoms with Gasteiger partial charge in [0.2, 0.25) is 12.7 Å². The van der Waals surface area contributed by atoms with Crippen molar-refractivity contribution in [3.63, 3.8) is 0 Å². The predicted molar refractivity (Wildman–Crippen MR) is 123 cm³/mol. The number of rotatable bonds is 6. The highest BCUT2D eigenvalue weighted by Gasteiger charge is 2.14. The number of carbonyl (C=O) groups is 1. The molecule has 2 aromatic heterocycles. The molecule has 0 atom stereocenters. The lowest BCUT2D eigenvalue weighted by molar-refractivity contribution is -0.118. The van der Waals surface area contributed by atoms with E-state index in [1.807, 2.05) is 35.0 Å². The third-order valence-corrected chi connectivity index (χ3v) is 6.42. The summed E-state index contributed by atoms with van der Waals surface area (Å²) in [5.74, 6) is 1.64. The molecular formula is C24H22N4O3S. The first-order chi connectivity index (χ1) is 15.6. The summed E-state index contributed by atoms with van der Waals surface area (Å²) >= 11 is 1.40. The topological polar surface area (TPSA) is 77.8 Å². The fourth-order valence-electron chi connectivity index (χ4n) is 3.49. The second-order valence-electron chi connectivity index (χ2n) is 7.64. The molecule has 0 unspecified atom stereocenters. The smallest absolute Gasteiger partial charge is 0.231 e. The molecule has 0 spiro atoms. The summed E-state index contributed by atoms with van der Waals surface area (Å²) in [6.07, 6.45) is 3.53. The van der Waals surface area contributed by atoms with Crippen LogP contribution in [-0.4, -0.2) is 33.1 Å². The fourth-order valence-corrected chi connectivity index (χ4v) is 4.29. The van der Waals surface area contributed by atoms with Crippen LogP contribution in [0.25, 0.3) is 16.8 Å². The van der Waals surface area contributed by atoms with Crippen LogP contribution in [0, 0.1) is 13.8 Å². The van der Waals surface area contributed by atoms with Gasteiger partial charge >= 0.3 is 0 Å². The molecule has 0 radical (unpaired) electrons. The van der Waals surface area contributed by atoms with Gasteiger partial charge in [0.05, 0.1) is 17.0 Å². The molecule has 1 amide bonds. The quantitative estimate of drug-likeness (QED) is 0.449. The lowest BCUT2D eigenvalue weighted by atomic mass is 10.0. The molecule has 32 heavy (non-hydrogen) atoms. The summed E-state index contributed by atoms with van der Waals surface area (Å²) in [5, 5.41) is 8.40. The number of amides is 1. The number of ether oxygens (including phenoxy) is 2. The van der Waals surface area contributed by atoms with Gasteiger partial charge in [-0.2, -0.15) is 5.10 Å². The number of aromatic nitrogens is 3. The molecule has 2 aromatic carbocycles. The molecular weight excluding hydrogens is 424 g/mol. The SMILES string of the molecule is Cc1ccc(-c2cc3c(SCC(=O)NCc4ccc5c(c4)OCO5)nccn3n2)cc1C. The number of nitrogens with one attached hydrogen (secondary N) is 1. The Labute approximate surface area is 189 Å². The highest BCUT2D eigenvalue weighted by molar-refractivity contribution is 8.00. The van der Waals surface area contributed by atoms with Crippen molar-refractivity contribution in [2.24, 2.45) is 0 Å². The van der Waals surface area contributed by atoms with Gasteiger partial charge in [0.1, 0.15) is 5.03 Å². The standard InChI is InChI=1S/C24H22N4O3S/c1-15-3-5-18(9-16(15)2)19-11-20-24(25-7-8-28(20)27-19)32-13-23(29)26-12-17-4-6-21-22(10-17)31-14-30-21/h3-11H,12-14H2,1-2H3,(H,26,29). The first-order valence-corrected chi connectivity index (χ1v) is 11.3. The van der Waals surface area contributed by atoms with Gasteiger partial charge in [0, 0.05) is 24.5 Å². The van der Waals surface area contributed by atoms with Crippen molar-refractivity contribution < 1.29 is 14.3 Å². The molecule has 1 aliphatic heterocycles. The van der Waals surface area contributed by atoms with Gasteiger partial charge in [-0.05, 0) is 54.8 Å². The summed E-state index contributed by atoms with van der Waals surface area (Å²) in [5.41, 5.74) is 6.27. The number of hydrogen-bond donors (Lipinski definition) is 1. The fraction of sp³-hybridized carbons (Fsp3) is 0.208. The molecule has 0 bridgehead atoms. The van der Waals surface area contributed by atoms with E-state index in [2.05, 4.69) is 47.4 Å². The lowest BCUT2D eigenvalue weighted by Crippen LogP contribution is -2.24. The number of fused-ring (bicyclic) bond motifs is 2. The Morgan fingerprint density at radius 3 is 2.84 bits per heavy atom. The minimum absolute atomic E-state index is 0.0645. The van der Waals surface area contributed by atoms with E-state index >= 15 is 0 Å². The Hall–Kier alpha value is -3.52. The Balaban J connectivity index is 1.25. The van der Waals surface area contributed by atoms with E-state index in [9.17, 15) is 4.79 Å². The second kappa shape index (κ2) is 8.55. The van der Waals surface area contributed by atoms with Crippen LogP contribution in [0.2, 0.25) is 0 Å². The maximum Gasteiger partial charge on any atom is 0.231 e. The summed E-state index contributed by atoms with van der Waals surface area (Å²) < 4.78 is 12.5. The van der Waals surface area contributed by atoms with Crippen molar-refractivity contribution in [3.8, 4) is 22.8 Å². The van der Waals surface area contributed by atoms with Crippen LogP contribution in [0.5, 0.6) is 11.5 Å². The van der Waals surface area contributed by atoms with Crippen molar-refractivity contribution >= 4 is 23.2 Å². The normalized spacial score (nSPS) is 12.3. The first kappa shape index (κ1) is 20.4. The second-order valence-corrected chi connectivity index (χ2v) is 8.61. The monoisotopic (exact) mass is 446 g/mol. The predicted octanol–water partition coefficient (Wildman–Crippen LogP) is 4.15. The molecule has 0 aliphatic carbocycles. The average Bonchev–Trinajstić information content (AvgIpc) is 3.44. The largest absolute Gasteiger partial charge is 0.454 e. The number of aryl methyl sites for hydroxylation is 2. The van der Waals surface area contributed by atoms with Crippen LogP contribution >= 0.6 is 11.8 Å². The molecule has 0 saturated heterocycles. The Morgan fingerprint density at radius 1 is 1.09 bits per heavy atom. The van der Waals surface area contributed by atoms with Gasteiger partial charge in [-0.3, -0.25) is 4.79 Å². The molecule has 1 N–H and O–H groups in total. The van der Waals surface area contributed by atoms with E-state index in [4.69, 9.17) is 9.47 Å². The average molecular weight is 447 g/mol. The summed E-state index contributed by atoms with van der Waals surface area (Å²) in [6, 6.07) is 14.0. The van der Waals surface area contributed by atoms with Gasteiger partial charge in [-0.15, -0.1) is 0 Å². The van der Waals surface area contributed by atoms with E-state index in [1.165, 1.54) is 22.9 Å². The maximum atomic E-state index is 12.4. The minimum Gasteiger partial charge on any atom is -0.454 e. The van der Waals surface area contributed by atoms with Crippen LogP contribution in [0.4, 0.5) is 0 Å². The van der Waals surface area contributed by atoms with E-state index in [0.29, 0.717) is 12.3 Å². The van der Waals surface area contributed by atoms with Crippen molar-refractivity contribution in [3.05, 3.63) is 71.5 Å². The Bertz CT molecular complexity index is 1320. The molecule has 162 valence electrons. The molecule has 0 saturated carbocycles. The van der Waals surface area contributed by atoms with Crippen LogP contribution in [-0.2, 0) is 11.3 Å². The van der Waals surface area contributed by atoms with Gasteiger partial charge in [0.25, 0.3) is 0 Å². The molecule has 5 rings (SSSR count). The Kier molecular flexibility index (Phi) is 5.45. The summed E-state index contributed by atoms with van der Waals surface area (Å²) in [4.78, 5) is 16.9. The number of carbonyl (C=O) groups excluding carboxylic acids is 1. The summed E-state index contributed by atoms with van der Waals surface area (Å²) in [6.45, 7) is 4.86. The molecule has 0 fully saturated rings. The molecule has 8 heteroatoms. The van der Waals surface area contributed by atoms with Gasteiger partial charge < -0.3 is 14.8 Å². The van der Waals surface area contributed by atoms with Crippen LogP contribution in [0.15, 0.2) is 59.9 Å². The zero-order valence-corrected chi connectivity index (χ0v) is 18.6. The molecule has 4 aromatic rings. The van der Waals surface area contributed by atoms with Crippen molar-refractivity contribution in [1.29, 1.82) is 0 Å². The van der Waals surface area contributed by atoms with Crippen molar-refractivity contribution in [1.82, 2.24) is 19.9 Å². The molecule has 3 heterocycles. The molecule has 7 nitrogen and oxygen atoms in total. The van der Waals surface area contributed by atoms with Gasteiger partial charge in [-0.1, -0.05) is 30.0 Å². The number of nitrogens with zero attached hydrogens (tertiary/aromatic N) is 3. The maximum absolute atomic E-state index is 12.4. The van der Waals surface area contributed by atoms with E-state index in [1.54, 1.807) is 6.20 Å². The third-order valence-electron chi connectivity index (χ3n) is 5.42. The van der Waals surface area contributed by atoms with Crippen LogP contribution in [0.3, 0.4) is 0 Å². The van der Waals surface area contributed by atoms with Crippen molar-refractivity contribution in [2.45, 2.75) is 25.4 Å². The molecule has 1 aliphatic rings. The number of hydrogen-bond acceptors (Lipinski definition) is 6. The van der Waals surface area contributed by atoms with E-state index in [0.717, 1.165) is 33.1 Å². The zero-order chi connectivity index (χ0) is 22.1. The third kappa shape index (κ3) is 4.13. The van der Waals surface area contributed by atoms with Crippen LogP contribution in [0.1, 0.15) is 16.7 Å². The minimum atomic E-state index is -0.0645. The van der Waals surface area contributed by atoms with E-state index < -0.39 is 0 Å². The number of thioether (sulfide) groups is 1. The highest BCUT2D eigenvalue weighted by Crippen LogP contribution is 2.32. The zero-order valence-electron chi connectivity index (χ0n) is 17.8. The first-order valence-electron chi connectivity index (χ1n) is 10.3. The van der Waals surface area contributed by atoms with Gasteiger partial charge in [0.15, 0.2) is 11.5 Å². The number of benzene rings is 2. The Morgan fingerprint density at radius 2 is 1.97 bits per heavy atom. The summed E-state index contributed by atoms with van der Waals surface area (Å²) in [7, 11) is 0.